The van der Waals surface area contributed by atoms with E-state index in [2.05, 4.69) is 15.3 Å². The van der Waals surface area contributed by atoms with Crippen LogP contribution in [0, 0.1) is 0 Å². The molecule has 2 aromatic rings. The Morgan fingerprint density at radius 3 is 2.55 bits per heavy atom. The van der Waals surface area contributed by atoms with Crippen molar-refractivity contribution in [3.63, 3.8) is 0 Å². The summed E-state index contributed by atoms with van der Waals surface area (Å²) < 4.78 is 21.8. The molecule has 1 aliphatic heterocycles. The van der Waals surface area contributed by atoms with Gasteiger partial charge in [-0.1, -0.05) is 12.2 Å². The van der Waals surface area contributed by atoms with Crippen molar-refractivity contribution in [3.8, 4) is 0 Å². The molecular formula is C31H40N4O7. The summed E-state index contributed by atoms with van der Waals surface area (Å²) in [5, 5.41) is 2.93. The number of anilines is 1. The molecule has 1 aliphatic carbocycles. The number of carbonyl (C=O) groups excluding carboxylic acids is 3. The highest BCUT2D eigenvalue weighted by Crippen LogP contribution is 2.46. The summed E-state index contributed by atoms with van der Waals surface area (Å²) >= 11 is 0. The number of fused-ring (bicyclic) bond motifs is 3. The molecule has 1 atom stereocenters. The summed E-state index contributed by atoms with van der Waals surface area (Å²) in [5.74, 6) is -0.0176. The molecule has 2 aromatic heterocycles. The minimum Gasteiger partial charge on any atom is -0.458 e. The van der Waals surface area contributed by atoms with Crippen molar-refractivity contribution < 1.29 is 33.3 Å². The molecule has 4 rings (SSSR count). The largest absolute Gasteiger partial charge is 0.458 e. The Kier molecular flexibility index (Phi) is 9.63. The van der Waals surface area contributed by atoms with Crippen molar-refractivity contribution in [2.75, 3.05) is 45.3 Å². The van der Waals surface area contributed by atoms with E-state index in [-0.39, 0.29) is 23.8 Å². The van der Waals surface area contributed by atoms with Gasteiger partial charge in [0.2, 0.25) is 5.91 Å². The Hall–Kier alpha value is -3.83. The van der Waals surface area contributed by atoms with Gasteiger partial charge in [-0.15, -0.1) is 0 Å². The Labute approximate surface area is 246 Å². The molecule has 0 unspecified atom stereocenters. The van der Waals surface area contributed by atoms with Gasteiger partial charge in [0.05, 0.1) is 37.9 Å². The first-order chi connectivity index (χ1) is 19.9. The smallest absolute Gasteiger partial charge is 0.410 e. The van der Waals surface area contributed by atoms with Crippen molar-refractivity contribution in [1.82, 2.24) is 14.9 Å². The van der Waals surface area contributed by atoms with Crippen LogP contribution in [-0.2, 0) is 42.0 Å². The lowest BCUT2D eigenvalue weighted by atomic mass is 9.79. The molecule has 3 heterocycles. The number of hydrogen-bond donors (Lipinski definition) is 1. The monoisotopic (exact) mass is 580 g/mol. The third kappa shape index (κ3) is 7.51. The molecule has 2 aliphatic rings. The van der Waals surface area contributed by atoms with Gasteiger partial charge in [0.1, 0.15) is 17.1 Å². The van der Waals surface area contributed by atoms with Gasteiger partial charge < -0.3 is 29.2 Å². The van der Waals surface area contributed by atoms with Crippen LogP contribution in [0.4, 0.5) is 10.6 Å². The molecule has 2 amide bonds. The van der Waals surface area contributed by atoms with Crippen LogP contribution in [0.2, 0.25) is 0 Å². The van der Waals surface area contributed by atoms with Gasteiger partial charge in [-0.2, -0.15) is 0 Å². The minimum atomic E-state index is -0.790. The van der Waals surface area contributed by atoms with Crippen LogP contribution in [-0.4, -0.2) is 84.6 Å². The Balaban J connectivity index is 1.26. The first kappa shape index (κ1) is 31.1. The normalized spacial score (nSPS) is 17.5. The van der Waals surface area contributed by atoms with Gasteiger partial charge in [-0.25, -0.2) is 19.6 Å². The lowest BCUT2D eigenvalue weighted by Crippen LogP contribution is -2.36. The predicted octanol–water partition coefficient (Wildman–Crippen LogP) is 3.94. The number of esters is 1. The molecule has 0 aromatic carbocycles. The second kappa shape index (κ2) is 13.0. The first-order valence-corrected chi connectivity index (χ1v) is 14.1. The predicted molar refractivity (Wildman–Crippen MR) is 156 cm³/mol. The van der Waals surface area contributed by atoms with Crippen molar-refractivity contribution in [3.05, 3.63) is 58.6 Å². The fourth-order valence-electron chi connectivity index (χ4n) is 4.87. The zero-order chi connectivity index (χ0) is 30.5. The number of amides is 2. The molecular weight excluding hydrogens is 540 g/mol. The number of hydrogen-bond acceptors (Lipinski definition) is 9. The maximum atomic E-state index is 13.2. The van der Waals surface area contributed by atoms with Gasteiger partial charge in [0.25, 0.3) is 0 Å². The highest BCUT2D eigenvalue weighted by atomic mass is 16.6. The van der Waals surface area contributed by atoms with E-state index in [1.165, 1.54) is 4.90 Å². The van der Waals surface area contributed by atoms with Gasteiger partial charge in [-0.3, -0.25) is 4.79 Å². The van der Waals surface area contributed by atoms with Crippen molar-refractivity contribution >= 4 is 29.9 Å². The summed E-state index contributed by atoms with van der Waals surface area (Å²) in [5.41, 5.74) is 2.46. The SMILES string of the molecule is CC(C)OC(=O)c1cc2c(cn1)C[C@@]1(C2)C(=O)Nc2ncc(/C=C/COCCOCCN(C)C(=O)OC(C)(C)C)cc21. The number of carbonyl (C=O) groups is 3. The van der Waals surface area contributed by atoms with Crippen LogP contribution in [0.5, 0.6) is 0 Å². The molecule has 1 spiro atoms. The number of aromatic nitrogens is 2. The lowest BCUT2D eigenvalue weighted by molar-refractivity contribution is -0.120. The number of rotatable bonds is 11. The maximum absolute atomic E-state index is 13.2. The summed E-state index contributed by atoms with van der Waals surface area (Å²) in [4.78, 5) is 47.8. The minimum absolute atomic E-state index is 0.103. The van der Waals surface area contributed by atoms with Gasteiger partial charge in [-0.05, 0) is 76.3 Å². The number of nitrogens with zero attached hydrogens (tertiary/aromatic N) is 3. The second-order valence-corrected chi connectivity index (χ2v) is 11.8. The third-order valence-corrected chi connectivity index (χ3v) is 6.88. The van der Waals surface area contributed by atoms with E-state index in [1.54, 1.807) is 39.4 Å². The standard InChI is InChI=1S/C31H40N4O7/c1-20(2)41-27(36)25-15-22-16-31(17-23(22)19-32-25)24-14-21(18-33-26(24)34-28(31)37)8-7-10-39-12-13-40-11-9-35(6)29(38)42-30(3,4)5/h7-8,14-15,18-20H,9-13,16-17H2,1-6H3,(H,33,34,37)/b8-7+/t31-/m1/s1. The van der Waals surface area contributed by atoms with Crippen LogP contribution in [0.3, 0.4) is 0 Å². The van der Waals surface area contributed by atoms with Crippen LogP contribution in [0.15, 0.2) is 30.6 Å². The van der Waals surface area contributed by atoms with Crippen LogP contribution in [0.25, 0.3) is 6.08 Å². The fourth-order valence-corrected chi connectivity index (χ4v) is 4.87. The summed E-state index contributed by atoms with van der Waals surface area (Å²) in [6.07, 6.45) is 7.49. The molecule has 0 saturated carbocycles. The van der Waals surface area contributed by atoms with E-state index >= 15 is 0 Å². The molecule has 226 valence electrons. The Morgan fingerprint density at radius 2 is 1.81 bits per heavy atom. The average molecular weight is 581 g/mol. The summed E-state index contributed by atoms with van der Waals surface area (Å²) in [7, 11) is 1.67. The Bertz CT molecular complexity index is 1350. The Morgan fingerprint density at radius 1 is 1.07 bits per heavy atom. The van der Waals surface area contributed by atoms with E-state index in [0.717, 1.165) is 22.3 Å². The lowest BCUT2D eigenvalue weighted by Gasteiger charge is -2.24. The van der Waals surface area contributed by atoms with Crippen molar-refractivity contribution in [2.45, 2.75) is 64.6 Å². The van der Waals surface area contributed by atoms with E-state index in [1.807, 2.05) is 39.0 Å². The zero-order valence-electron chi connectivity index (χ0n) is 25.2. The van der Waals surface area contributed by atoms with Gasteiger partial charge in [0, 0.05) is 31.5 Å². The average Bonchev–Trinajstić information content (AvgIpc) is 3.42. The quantitative estimate of drug-likeness (QED) is 0.310. The van der Waals surface area contributed by atoms with E-state index in [9.17, 15) is 14.4 Å². The summed E-state index contributed by atoms with van der Waals surface area (Å²) in [6, 6.07) is 3.71. The fraction of sp³-hybridized carbons (Fsp3) is 0.516. The number of nitrogens with one attached hydrogen (secondary N) is 1. The van der Waals surface area contributed by atoms with E-state index in [4.69, 9.17) is 18.9 Å². The van der Waals surface area contributed by atoms with Crippen LogP contribution < -0.4 is 5.32 Å². The number of ether oxygens (including phenoxy) is 4. The number of pyridine rings is 2. The van der Waals surface area contributed by atoms with E-state index < -0.39 is 17.0 Å². The molecule has 0 fully saturated rings. The molecule has 11 heteroatoms. The van der Waals surface area contributed by atoms with E-state index in [0.29, 0.717) is 51.6 Å². The summed E-state index contributed by atoms with van der Waals surface area (Å²) in [6.45, 7) is 11.1. The molecule has 1 N–H and O–H groups in total. The second-order valence-electron chi connectivity index (χ2n) is 11.8. The first-order valence-electron chi connectivity index (χ1n) is 14.1. The maximum Gasteiger partial charge on any atom is 0.410 e. The van der Waals surface area contributed by atoms with Crippen LogP contribution >= 0.6 is 0 Å². The molecule has 0 bridgehead atoms. The highest BCUT2D eigenvalue weighted by Gasteiger charge is 2.51. The zero-order valence-corrected chi connectivity index (χ0v) is 25.2. The van der Waals surface area contributed by atoms with Gasteiger partial charge in [0.15, 0.2) is 0 Å². The topological polar surface area (TPSA) is 129 Å². The highest BCUT2D eigenvalue weighted by molar-refractivity contribution is 6.06. The molecule has 0 saturated heterocycles. The van der Waals surface area contributed by atoms with Crippen molar-refractivity contribution in [1.29, 1.82) is 0 Å². The number of likely N-dealkylation sites (N-methyl/N-ethyl adjacent to an activating group) is 1. The van der Waals surface area contributed by atoms with Crippen LogP contribution in [0.1, 0.15) is 67.4 Å². The molecule has 42 heavy (non-hydrogen) atoms. The van der Waals surface area contributed by atoms with Crippen molar-refractivity contribution in [2.24, 2.45) is 0 Å². The molecule has 11 nitrogen and oxygen atoms in total. The molecule has 0 radical (unpaired) electrons. The third-order valence-electron chi connectivity index (χ3n) is 6.88. The van der Waals surface area contributed by atoms with Gasteiger partial charge >= 0.3 is 12.1 Å².